The van der Waals surface area contributed by atoms with E-state index in [0.29, 0.717) is 72.2 Å². The lowest BCUT2D eigenvalue weighted by Gasteiger charge is -2.35. The fourth-order valence-corrected chi connectivity index (χ4v) is 5.81. The molecular weight excluding hydrogens is 538 g/mol. The van der Waals surface area contributed by atoms with Crippen LogP contribution < -0.4 is 25.0 Å². The SMILES string of the molecule is CCN1CC(C)(C)Oc2nc(N3C4CCC3COC4)nc(-c3ccc(NC(=O)Nc4cc(OC)ccn4)cc3)c2C1=O. The van der Waals surface area contributed by atoms with Gasteiger partial charge in [-0.05, 0) is 51.8 Å². The molecule has 5 heterocycles. The van der Waals surface area contributed by atoms with E-state index in [4.69, 9.17) is 24.2 Å². The number of amides is 3. The van der Waals surface area contributed by atoms with Crippen molar-refractivity contribution < 1.29 is 23.8 Å². The van der Waals surface area contributed by atoms with Gasteiger partial charge in [-0.2, -0.15) is 4.98 Å². The molecule has 0 aliphatic carbocycles. The summed E-state index contributed by atoms with van der Waals surface area (Å²) in [5, 5.41) is 5.51. The van der Waals surface area contributed by atoms with E-state index in [1.54, 1.807) is 42.5 Å². The van der Waals surface area contributed by atoms with Gasteiger partial charge < -0.3 is 29.3 Å². The van der Waals surface area contributed by atoms with Crippen LogP contribution in [0.15, 0.2) is 42.6 Å². The number of pyridine rings is 1. The molecule has 3 aliphatic rings. The highest BCUT2D eigenvalue weighted by Crippen LogP contribution is 2.39. The number of hydrogen-bond donors (Lipinski definition) is 2. The van der Waals surface area contributed by atoms with Crippen molar-refractivity contribution in [2.24, 2.45) is 0 Å². The molecule has 2 bridgehead atoms. The number of anilines is 3. The highest BCUT2D eigenvalue weighted by atomic mass is 16.5. The molecule has 3 aromatic rings. The van der Waals surface area contributed by atoms with Crippen LogP contribution in [0.3, 0.4) is 0 Å². The Balaban J connectivity index is 1.34. The minimum absolute atomic E-state index is 0.169. The van der Waals surface area contributed by atoms with Crippen molar-refractivity contribution in [3.05, 3.63) is 48.2 Å². The number of morpholine rings is 1. The van der Waals surface area contributed by atoms with Gasteiger partial charge in [0.25, 0.3) is 5.91 Å². The zero-order chi connectivity index (χ0) is 29.4. The van der Waals surface area contributed by atoms with Crippen LogP contribution in [0.4, 0.5) is 22.2 Å². The van der Waals surface area contributed by atoms with Crippen LogP contribution in [0.1, 0.15) is 44.0 Å². The molecule has 0 radical (unpaired) electrons. The lowest BCUT2D eigenvalue weighted by Crippen LogP contribution is -2.47. The first-order chi connectivity index (χ1) is 20.2. The normalized spacial score (nSPS) is 20.8. The second-order valence-corrected chi connectivity index (χ2v) is 11.3. The molecule has 12 heteroatoms. The number of ether oxygens (including phenoxy) is 3. The molecule has 6 rings (SSSR count). The van der Waals surface area contributed by atoms with Crippen molar-refractivity contribution in [1.29, 1.82) is 0 Å². The largest absolute Gasteiger partial charge is 0.497 e. The quantitative estimate of drug-likeness (QED) is 0.446. The van der Waals surface area contributed by atoms with E-state index in [0.717, 1.165) is 12.8 Å². The van der Waals surface area contributed by atoms with E-state index in [-0.39, 0.29) is 18.0 Å². The van der Waals surface area contributed by atoms with Crippen LogP contribution in [0, 0.1) is 0 Å². The van der Waals surface area contributed by atoms with E-state index < -0.39 is 11.6 Å². The molecule has 2 N–H and O–H groups in total. The molecule has 3 amide bonds. The first-order valence-electron chi connectivity index (χ1n) is 14.2. The molecule has 220 valence electrons. The second-order valence-electron chi connectivity index (χ2n) is 11.3. The van der Waals surface area contributed by atoms with Crippen LogP contribution in [0.5, 0.6) is 11.6 Å². The van der Waals surface area contributed by atoms with Gasteiger partial charge in [-0.15, -0.1) is 0 Å². The molecule has 2 saturated heterocycles. The molecule has 2 unspecified atom stereocenters. The number of likely N-dealkylation sites (N-methyl/N-ethyl adjacent to an activating group) is 1. The summed E-state index contributed by atoms with van der Waals surface area (Å²) in [6, 6.07) is 10.4. The molecule has 1 aromatic carbocycles. The van der Waals surface area contributed by atoms with E-state index in [1.165, 1.54) is 0 Å². The van der Waals surface area contributed by atoms with Gasteiger partial charge in [-0.25, -0.2) is 14.8 Å². The number of carbonyl (C=O) groups excluding carboxylic acids is 2. The average Bonchev–Trinajstić information content (AvgIpc) is 3.16. The maximum Gasteiger partial charge on any atom is 0.324 e. The summed E-state index contributed by atoms with van der Waals surface area (Å²) in [5.74, 6) is 1.61. The van der Waals surface area contributed by atoms with Crippen LogP contribution in [0.25, 0.3) is 11.3 Å². The van der Waals surface area contributed by atoms with Crippen LogP contribution in [-0.4, -0.2) is 82.9 Å². The number of fused-ring (bicyclic) bond motifs is 3. The summed E-state index contributed by atoms with van der Waals surface area (Å²) in [6.45, 7) is 8.07. The fraction of sp³-hybridized carbons (Fsp3) is 0.433. The van der Waals surface area contributed by atoms with Crippen molar-refractivity contribution in [1.82, 2.24) is 19.9 Å². The number of benzene rings is 1. The number of methoxy groups -OCH3 is 1. The van der Waals surface area contributed by atoms with Crippen molar-refractivity contribution in [3.8, 4) is 22.9 Å². The van der Waals surface area contributed by atoms with E-state index in [1.807, 2.05) is 32.9 Å². The lowest BCUT2D eigenvalue weighted by molar-refractivity contribution is 0.0540. The topological polar surface area (TPSA) is 131 Å². The zero-order valence-electron chi connectivity index (χ0n) is 24.2. The van der Waals surface area contributed by atoms with Crippen molar-refractivity contribution >= 4 is 29.4 Å². The minimum Gasteiger partial charge on any atom is -0.497 e. The van der Waals surface area contributed by atoms with Crippen LogP contribution in [0.2, 0.25) is 0 Å². The smallest absolute Gasteiger partial charge is 0.324 e. The average molecular weight is 574 g/mol. The number of carbonyl (C=O) groups is 2. The van der Waals surface area contributed by atoms with Crippen LogP contribution >= 0.6 is 0 Å². The Hall–Kier alpha value is -4.45. The maximum atomic E-state index is 13.9. The summed E-state index contributed by atoms with van der Waals surface area (Å²) in [5.41, 5.74) is 1.48. The fourth-order valence-electron chi connectivity index (χ4n) is 5.81. The Morgan fingerprint density at radius 1 is 1.10 bits per heavy atom. The Kier molecular flexibility index (Phi) is 7.31. The third-order valence-corrected chi connectivity index (χ3v) is 7.79. The second kappa shape index (κ2) is 11.1. The van der Waals surface area contributed by atoms with E-state index in [2.05, 4.69) is 20.5 Å². The van der Waals surface area contributed by atoms with Gasteiger partial charge in [-0.1, -0.05) is 12.1 Å². The summed E-state index contributed by atoms with van der Waals surface area (Å²) in [7, 11) is 1.55. The standard InChI is InChI=1S/C30H35N7O5/c1-5-36-17-30(2,3)42-26-24(27(36)38)25(34-28(35-26)37-20-10-11-21(37)16-41-15-20)18-6-8-19(9-7-18)32-29(39)33-23-14-22(40-4)12-13-31-23/h6-9,12-14,20-21H,5,10-11,15-17H2,1-4H3,(H2,31,32,33,39). The lowest BCUT2D eigenvalue weighted by atomic mass is 10.0. The van der Waals surface area contributed by atoms with Gasteiger partial charge in [0, 0.05) is 30.1 Å². The molecule has 12 nitrogen and oxygen atoms in total. The first kappa shape index (κ1) is 27.7. The van der Waals surface area contributed by atoms with Gasteiger partial charge in [0.05, 0.1) is 44.6 Å². The molecule has 2 aromatic heterocycles. The number of aromatic nitrogens is 3. The third kappa shape index (κ3) is 5.41. The van der Waals surface area contributed by atoms with Gasteiger partial charge in [0.15, 0.2) is 0 Å². The number of rotatable bonds is 6. The van der Waals surface area contributed by atoms with E-state index in [9.17, 15) is 9.59 Å². The van der Waals surface area contributed by atoms with Crippen molar-refractivity contribution in [2.45, 2.75) is 51.3 Å². The first-order valence-corrected chi connectivity index (χ1v) is 14.2. The molecule has 3 aliphatic heterocycles. The predicted octanol–water partition coefficient (Wildman–Crippen LogP) is 4.19. The van der Waals surface area contributed by atoms with Crippen molar-refractivity contribution in [2.75, 3.05) is 48.9 Å². The van der Waals surface area contributed by atoms with Gasteiger partial charge in [-0.3, -0.25) is 10.1 Å². The highest BCUT2D eigenvalue weighted by molar-refractivity contribution is 6.03. The molecule has 0 saturated carbocycles. The molecule has 0 spiro atoms. The third-order valence-electron chi connectivity index (χ3n) is 7.79. The Labute approximate surface area is 244 Å². The molecule has 2 atom stereocenters. The van der Waals surface area contributed by atoms with Crippen molar-refractivity contribution in [3.63, 3.8) is 0 Å². The zero-order valence-corrected chi connectivity index (χ0v) is 24.2. The number of hydrogen-bond acceptors (Lipinski definition) is 9. The molecular formula is C30H35N7O5. The predicted molar refractivity (Wildman–Crippen MR) is 157 cm³/mol. The molecule has 42 heavy (non-hydrogen) atoms. The Morgan fingerprint density at radius 2 is 1.83 bits per heavy atom. The number of nitrogens with zero attached hydrogens (tertiary/aromatic N) is 5. The summed E-state index contributed by atoms with van der Waals surface area (Å²) in [4.78, 5) is 44.5. The summed E-state index contributed by atoms with van der Waals surface area (Å²) in [6.07, 6.45) is 3.56. The summed E-state index contributed by atoms with van der Waals surface area (Å²) >= 11 is 0. The van der Waals surface area contributed by atoms with E-state index >= 15 is 0 Å². The Bertz CT molecular complexity index is 1480. The number of urea groups is 1. The summed E-state index contributed by atoms with van der Waals surface area (Å²) < 4.78 is 17.4. The van der Waals surface area contributed by atoms with Gasteiger partial charge >= 0.3 is 6.03 Å². The van der Waals surface area contributed by atoms with Gasteiger partial charge in [0.2, 0.25) is 11.8 Å². The van der Waals surface area contributed by atoms with Crippen LogP contribution in [-0.2, 0) is 4.74 Å². The monoisotopic (exact) mass is 573 g/mol. The molecule has 2 fully saturated rings. The Morgan fingerprint density at radius 3 is 2.52 bits per heavy atom. The van der Waals surface area contributed by atoms with Gasteiger partial charge in [0.1, 0.15) is 22.7 Å². The number of nitrogens with one attached hydrogen (secondary N) is 2. The maximum absolute atomic E-state index is 13.9. The highest BCUT2D eigenvalue weighted by Gasteiger charge is 2.42. The minimum atomic E-state index is -0.636.